The van der Waals surface area contributed by atoms with Crippen molar-refractivity contribution in [3.63, 3.8) is 0 Å². The second kappa shape index (κ2) is 6.40. The van der Waals surface area contributed by atoms with E-state index in [4.69, 9.17) is 14.7 Å². The number of carbonyl (C=O) groups excluding carboxylic acids is 1. The summed E-state index contributed by atoms with van der Waals surface area (Å²) in [5.74, 6) is -0.962. The molecule has 0 heterocycles. The molecule has 0 amide bonds. The van der Waals surface area contributed by atoms with E-state index >= 15 is 0 Å². The Kier molecular flexibility index (Phi) is 7.87. The van der Waals surface area contributed by atoms with Gasteiger partial charge in [0.25, 0.3) is 0 Å². The molecule has 0 radical (unpaired) electrons. The minimum atomic E-state index is -4.33. The molecule has 10 heteroatoms. The molecule has 0 aliphatic heterocycles. The summed E-state index contributed by atoms with van der Waals surface area (Å²) in [6, 6.07) is 0. The first-order valence-corrected chi connectivity index (χ1v) is 6.75. The minimum Gasteiger partial charge on any atom is -1.00 e. The summed E-state index contributed by atoms with van der Waals surface area (Å²) in [5, 5.41) is 0. The summed E-state index contributed by atoms with van der Waals surface area (Å²) in [5.41, 5.74) is 0. The maximum atomic E-state index is 10.8. The average Bonchev–Trinajstić information content (AvgIpc) is 1.79. The van der Waals surface area contributed by atoms with Crippen molar-refractivity contribution >= 4 is 21.2 Å². The van der Waals surface area contributed by atoms with Gasteiger partial charge >= 0.3 is 50.7 Å². The number of hydrogen-bond donors (Lipinski definition) is 3. The molecule has 0 saturated carbocycles. The van der Waals surface area contributed by atoms with Gasteiger partial charge in [-0.2, -0.15) is 0 Å². The zero-order chi connectivity index (χ0) is 10.7. The number of hydrogen-bond acceptors (Lipinski definition) is 4. The van der Waals surface area contributed by atoms with Gasteiger partial charge in [-0.15, -0.1) is 0 Å². The topological polar surface area (TPSA) is 121 Å². The maximum absolute atomic E-state index is 10.8. The molecule has 0 aliphatic rings. The standard InChI is InChI=1S/C4H10O7P2.Na.H/c1-4(5)11-13(9,10)3-2-12(6,7)8;;/h2-3H2,1H3,(H,9,10)(H2,6,7,8);;/q;+1;-1. The molecule has 1 atom stereocenters. The Morgan fingerprint density at radius 3 is 2.00 bits per heavy atom. The van der Waals surface area contributed by atoms with E-state index in [1.807, 2.05) is 0 Å². The normalized spacial score (nSPS) is 15.1. The summed E-state index contributed by atoms with van der Waals surface area (Å²) in [4.78, 5) is 35.8. The monoisotopic (exact) mass is 256 g/mol. The average molecular weight is 256 g/mol. The summed E-state index contributed by atoms with van der Waals surface area (Å²) in [6.07, 6.45) is -1.52. The molecule has 0 saturated heterocycles. The molecule has 3 N–H and O–H groups in total. The third-order valence-electron chi connectivity index (χ3n) is 0.945. The Balaban J connectivity index is -0.000000720. The van der Waals surface area contributed by atoms with E-state index in [1.165, 1.54) is 0 Å². The maximum Gasteiger partial charge on any atom is 1.00 e. The van der Waals surface area contributed by atoms with Gasteiger partial charge in [-0.1, -0.05) is 0 Å². The van der Waals surface area contributed by atoms with Gasteiger partial charge in [0, 0.05) is 6.92 Å². The van der Waals surface area contributed by atoms with Gasteiger partial charge in [-0.3, -0.25) is 9.36 Å². The van der Waals surface area contributed by atoms with E-state index in [9.17, 15) is 13.9 Å². The van der Waals surface area contributed by atoms with Crippen molar-refractivity contribution in [2.75, 3.05) is 12.3 Å². The predicted molar refractivity (Wildman–Crippen MR) is 44.5 cm³/mol. The molecule has 1 unspecified atom stereocenters. The van der Waals surface area contributed by atoms with Crippen LogP contribution < -0.4 is 29.6 Å². The van der Waals surface area contributed by atoms with Crippen LogP contribution in [0.1, 0.15) is 8.35 Å². The third kappa shape index (κ3) is 10.9. The van der Waals surface area contributed by atoms with Gasteiger partial charge in [0.15, 0.2) is 0 Å². The van der Waals surface area contributed by atoms with Crippen LogP contribution >= 0.6 is 15.2 Å². The van der Waals surface area contributed by atoms with Crippen molar-refractivity contribution in [1.82, 2.24) is 0 Å². The Hall–Kier alpha value is 0.810. The Morgan fingerprint density at radius 2 is 1.71 bits per heavy atom. The Labute approximate surface area is 104 Å². The van der Waals surface area contributed by atoms with Crippen LogP contribution in [0.3, 0.4) is 0 Å². The molecule has 14 heavy (non-hydrogen) atoms. The van der Waals surface area contributed by atoms with Crippen molar-refractivity contribution in [2.24, 2.45) is 0 Å². The molecule has 7 nitrogen and oxygen atoms in total. The van der Waals surface area contributed by atoms with E-state index in [2.05, 4.69) is 4.52 Å². The molecular weight excluding hydrogens is 245 g/mol. The molecular formula is C4H11NaO7P2. The second-order valence-electron chi connectivity index (χ2n) is 2.33. The predicted octanol–water partition coefficient (Wildman–Crippen LogP) is -2.97. The number of rotatable bonds is 4. The fraction of sp³-hybridized carbons (Fsp3) is 0.750. The summed E-state index contributed by atoms with van der Waals surface area (Å²) in [7, 11) is -8.52. The second-order valence-corrected chi connectivity index (χ2v) is 6.01. The zero-order valence-corrected chi connectivity index (χ0v) is 11.6. The molecule has 0 bridgehead atoms. The van der Waals surface area contributed by atoms with E-state index in [-0.39, 0.29) is 31.0 Å². The fourth-order valence-corrected chi connectivity index (χ4v) is 3.05. The molecule has 0 aromatic heterocycles. The van der Waals surface area contributed by atoms with Crippen LogP contribution in [0.25, 0.3) is 0 Å². The van der Waals surface area contributed by atoms with E-state index in [0.717, 1.165) is 6.92 Å². The van der Waals surface area contributed by atoms with Crippen LogP contribution in [-0.2, 0) is 18.4 Å². The summed E-state index contributed by atoms with van der Waals surface area (Å²) < 4.78 is 25.1. The molecule has 0 rings (SSSR count). The third-order valence-corrected chi connectivity index (χ3v) is 3.44. The van der Waals surface area contributed by atoms with Gasteiger partial charge in [0.1, 0.15) is 0 Å². The van der Waals surface area contributed by atoms with Gasteiger partial charge in [-0.05, 0) is 0 Å². The molecule has 0 aromatic rings. The largest absolute Gasteiger partial charge is 1.00 e. The van der Waals surface area contributed by atoms with Crippen LogP contribution in [0.5, 0.6) is 0 Å². The summed E-state index contributed by atoms with van der Waals surface area (Å²) in [6.45, 7) is 0.931. The molecule has 0 aromatic carbocycles. The summed E-state index contributed by atoms with van der Waals surface area (Å²) >= 11 is 0. The van der Waals surface area contributed by atoms with Crippen molar-refractivity contribution in [3.8, 4) is 0 Å². The van der Waals surface area contributed by atoms with Crippen LogP contribution in [0, 0.1) is 0 Å². The Bertz CT molecular complexity index is 289. The van der Waals surface area contributed by atoms with Crippen molar-refractivity contribution < 1.29 is 64.1 Å². The van der Waals surface area contributed by atoms with Crippen molar-refractivity contribution in [3.05, 3.63) is 0 Å². The van der Waals surface area contributed by atoms with Gasteiger partial charge < -0.3 is 20.6 Å². The molecule has 80 valence electrons. The first-order chi connectivity index (χ1) is 5.62. The minimum absolute atomic E-state index is 0. The smallest absolute Gasteiger partial charge is 1.00 e. The van der Waals surface area contributed by atoms with Crippen molar-refractivity contribution in [2.45, 2.75) is 6.92 Å². The van der Waals surface area contributed by atoms with Crippen LogP contribution in [0.4, 0.5) is 0 Å². The van der Waals surface area contributed by atoms with Gasteiger partial charge in [0.05, 0.1) is 12.3 Å². The molecule has 0 aliphatic carbocycles. The van der Waals surface area contributed by atoms with Crippen LogP contribution in [0.2, 0.25) is 0 Å². The van der Waals surface area contributed by atoms with E-state index in [0.29, 0.717) is 0 Å². The van der Waals surface area contributed by atoms with E-state index < -0.39 is 33.5 Å². The zero-order valence-electron chi connectivity index (χ0n) is 8.78. The Morgan fingerprint density at radius 1 is 1.29 bits per heavy atom. The number of carbonyl (C=O) groups is 1. The quantitative estimate of drug-likeness (QED) is 0.362. The van der Waals surface area contributed by atoms with Crippen LogP contribution in [0.15, 0.2) is 0 Å². The molecule has 0 fully saturated rings. The van der Waals surface area contributed by atoms with Crippen molar-refractivity contribution in [1.29, 1.82) is 0 Å². The molecule has 0 spiro atoms. The van der Waals surface area contributed by atoms with E-state index in [1.54, 1.807) is 0 Å². The SMILES string of the molecule is CC(=O)OP(=O)(O)CCP(=O)(O)O.[H-].[Na+]. The first-order valence-electron chi connectivity index (χ1n) is 3.19. The first kappa shape index (κ1) is 17.2. The van der Waals surface area contributed by atoms with Gasteiger partial charge in [-0.25, -0.2) is 4.57 Å². The van der Waals surface area contributed by atoms with Crippen LogP contribution in [-0.4, -0.2) is 33.0 Å². The van der Waals surface area contributed by atoms with Gasteiger partial charge in [0.2, 0.25) is 0 Å². The fourth-order valence-electron chi connectivity index (χ4n) is 0.503.